The number of carbonyl (C=O) groups is 1. The molecule has 3 rings (SSSR count). The number of benzene rings is 1. The number of nitrogens with zero attached hydrogens (tertiary/aromatic N) is 3. The molecule has 0 bridgehead atoms. The van der Waals surface area contributed by atoms with Crippen LogP contribution in [0.1, 0.15) is 16.1 Å². The topological polar surface area (TPSA) is 88.6 Å². The first kappa shape index (κ1) is 20.0. The third kappa shape index (κ3) is 6.17. The number of amides is 1. The molecule has 0 saturated carbocycles. The predicted molar refractivity (Wildman–Crippen MR) is 107 cm³/mol. The van der Waals surface area contributed by atoms with Crippen LogP contribution in [0.5, 0.6) is 5.75 Å². The van der Waals surface area contributed by atoms with Gasteiger partial charge in [0, 0.05) is 32.7 Å². The zero-order chi connectivity index (χ0) is 19.6. The van der Waals surface area contributed by atoms with Crippen molar-refractivity contribution in [2.24, 2.45) is 0 Å². The minimum absolute atomic E-state index is 0.205. The van der Waals surface area contributed by atoms with Crippen LogP contribution in [0.4, 0.5) is 5.82 Å². The summed E-state index contributed by atoms with van der Waals surface area (Å²) in [4.78, 5) is 22.9. The number of anilines is 1. The molecule has 0 aliphatic carbocycles. The van der Waals surface area contributed by atoms with Crippen molar-refractivity contribution < 1.29 is 14.3 Å². The number of carbonyl (C=O) groups excluding carboxylic acids is 1. The van der Waals surface area contributed by atoms with E-state index in [2.05, 4.69) is 31.6 Å². The highest BCUT2D eigenvalue weighted by Gasteiger charge is 2.11. The number of nitrogens with one attached hydrogen (secondary N) is 2. The van der Waals surface area contributed by atoms with Crippen molar-refractivity contribution in [2.75, 3.05) is 58.4 Å². The number of morpholine rings is 1. The molecule has 1 aromatic carbocycles. The van der Waals surface area contributed by atoms with Crippen LogP contribution < -0.4 is 15.4 Å². The molecule has 28 heavy (non-hydrogen) atoms. The molecule has 0 spiro atoms. The SMILES string of the molecule is COc1cccc(CCNc2cnc(C(=O)NCCN3CCOCC3)cn2)c1. The maximum atomic E-state index is 12.2. The first-order chi connectivity index (χ1) is 13.7. The van der Waals surface area contributed by atoms with Gasteiger partial charge in [-0.2, -0.15) is 0 Å². The molecule has 1 aliphatic rings. The minimum Gasteiger partial charge on any atom is -0.497 e. The van der Waals surface area contributed by atoms with Gasteiger partial charge in [-0.1, -0.05) is 12.1 Å². The molecule has 8 nitrogen and oxygen atoms in total. The summed E-state index contributed by atoms with van der Waals surface area (Å²) in [7, 11) is 1.66. The maximum absolute atomic E-state index is 12.2. The van der Waals surface area contributed by atoms with E-state index < -0.39 is 0 Å². The van der Waals surface area contributed by atoms with E-state index in [-0.39, 0.29) is 5.91 Å². The average Bonchev–Trinajstić information content (AvgIpc) is 2.75. The molecule has 2 N–H and O–H groups in total. The van der Waals surface area contributed by atoms with Crippen LogP contribution >= 0.6 is 0 Å². The van der Waals surface area contributed by atoms with Crippen molar-refractivity contribution in [3.63, 3.8) is 0 Å². The molecule has 8 heteroatoms. The average molecular weight is 385 g/mol. The van der Waals surface area contributed by atoms with Gasteiger partial charge in [-0.3, -0.25) is 9.69 Å². The third-order valence-corrected chi connectivity index (χ3v) is 4.56. The van der Waals surface area contributed by atoms with E-state index >= 15 is 0 Å². The smallest absolute Gasteiger partial charge is 0.271 e. The Morgan fingerprint density at radius 3 is 2.82 bits per heavy atom. The molecule has 1 amide bonds. The zero-order valence-electron chi connectivity index (χ0n) is 16.2. The molecule has 1 aromatic heterocycles. The fourth-order valence-electron chi connectivity index (χ4n) is 2.94. The zero-order valence-corrected chi connectivity index (χ0v) is 16.2. The second-order valence-electron chi connectivity index (χ2n) is 6.53. The number of hydrogen-bond donors (Lipinski definition) is 2. The Labute approximate surface area is 165 Å². The molecule has 2 aromatic rings. The number of rotatable bonds is 9. The van der Waals surface area contributed by atoms with Gasteiger partial charge in [-0.15, -0.1) is 0 Å². The monoisotopic (exact) mass is 385 g/mol. The number of hydrogen-bond acceptors (Lipinski definition) is 7. The van der Waals surface area contributed by atoms with E-state index in [1.165, 1.54) is 11.8 Å². The molecular formula is C20H27N5O3. The second kappa shape index (κ2) is 10.6. The molecular weight excluding hydrogens is 358 g/mol. The van der Waals surface area contributed by atoms with Crippen LogP contribution in [0.15, 0.2) is 36.7 Å². The fourth-order valence-corrected chi connectivity index (χ4v) is 2.94. The van der Waals surface area contributed by atoms with Crippen molar-refractivity contribution in [1.29, 1.82) is 0 Å². The van der Waals surface area contributed by atoms with Crippen LogP contribution in [0, 0.1) is 0 Å². The Bertz CT molecular complexity index is 748. The third-order valence-electron chi connectivity index (χ3n) is 4.56. The molecule has 150 valence electrons. The van der Waals surface area contributed by atoms with Crippen LogP contribution in [0.25, 0.3) is 0 Å². The van der Waals surface area contributed by atoms with Gasteiger partial charge in [0.15, 0.2) is 0 Å². The largest absolute Gasteiger partial charge is 0.497 e. The summed E-state index contributed by atoms with van der Waals surface area (Å²) in [6.45, 7) is 5.44. The summed E-state index contributed by atoms with van der Waals surface area (Å²) < 4.78 is 10.5. The summed E-state index contributed by atoms with van der Waals surface area (Å²) in [6, 6.07) is 7.96. The lowest BCUT2D eigenvalue weighted by atomic mass is 10.1. The first-order valence-electron chi connectivity index (χ1n) is 9.52. The number of aromatic nitrogens is 2. The van der Waals surface area contributed by atoms with Gasteiger partial charge in [0.1, 0.15) is 17.3 Å². The summed E-state index contributed by atoms with van der Waals surface area (Å²) in [6.07, 6.45) is 3.92. The van der Waals surface area contributed by atoms with Gasteiger partial charge >= 0.3 is 0 Å². The standard InChI is InChI=1S/C20H27N5O3/c1-27-17-4-2-3-16(13-17)5-6-21-19-15-23-18(14-24-19)20(26)22-7-8-25-9-11-28-12-10-25/h2-4,13-15H,5-12H2,1H3,(H,21,24)(H,22,26). The van der Waals surface area contributed by atoms with Crippen LogP contribution in [0.2, 0.25) is 0 Å². The Morgan fingerprint density at radius 2 is 2.07 bits per heavy atom. The van der Waals surface area contributed by atoms with Gasteiger partial charge in [0.2, 0.25) is 0 Å². The van der Waals surface area contributed by atoms with Crippen molar-refractivity contribution >= 4 is 11.7 Å². The lowest BCUT2D eigenvalue weighted by molar-refractivity contribution is 0.0383. The van der Waals surface area contributed by atoms with Gasteiger partial charge in [-0.25, -0.2) is 9.97 Å². The molecule has 1 fully saturated rings. The van der Waals surface area contributed by atoms with Crippen molar-refractivity contribution in [3.8, 4) is 5.75 Å². The summed E-state index contributed by atoms with van der Waals surface area (Å²) in [5, 5.41) is 6.10. The normalized spacial score (nSPS) is 14.5. The highest BCUT2D eigenvalue weighted by Crippen LogP contribution is 2.13. The minimum atomic E-state index is -0.205. The van der Waals surface area contributed by atoms with E-state index in [1.54, 1.807) is 13.3 Å². The fraction of sp³-hybridized carbons (Fsp3) is 0.450. The summed E-state index contributed by atoms with van der Waals surface area (Å²) in [5.41, 5.74) is 1.50. The van der Waals surface area contributed by atoms with Gasteiger partial charge < -0.3 is 20.1 Å². The lowest BCUT2D eigenvalue weighted by Gasteiger charge is -2.26. The second-order valence-corrected chi connectivity index (χ2v) is 6.53. The van der Waals surface area contributed by atoms with E-state index in [1.807, 2.05) is 18.2 Å². The van der Waals surface area contributed by atoms with Crippen LogP contribution in [0.3, 0.4) is 0 Å². The van der Waals surface area contributed by atoms with Gasteiger partial charge in [0.05, 0.1) is 32.7 Å². The Balaban J connectivity index is 1.39. The van der Waals surface area contributed by atoms with Crippen molar-refractivity contribution in [1.82, 2.24) is 20.2 Å². The van der Waals surface area contributed by atoms with Crippen molar-refractivity contribution in [3.05, 3.63) is 47.9 Å². The Kier molecular flexibility index (Phi) is 7.57. The molecule has 1 saturated heterocycles. The first-order valence-corrected chi connectivity index (χ1v) is 9.52. The van der Waals surface area contributed by atoms with E-state index in [9.17, 15) is 4.79 Å². The van der Waals surface area contributed by atoms with Crippen LogP contribution in [-0.4, -0.2) is 73.8 Å². The van der Waals surface area contributed by atoms with Gasteiger partial charge in [0.25, 0.3) is 5.91 Å². The molecule has 2 heterocycles. The van der Waals surface area contributed by atoms with E-state index in [0.717, 1.165) is 45.0 Å². The van der Waals surface area contributed by atoms with Crippen LogP contribution in [-0.2, 0) is 11.2 Å². The molecule has 0 unspecified atom stereocenters. The number of ether oxygens (including phenoxy) is 2. The van der Waals surface area contributed by atoms with E-state index in [0.29, 0.717) is 24.6 Å². The molecule has 0 atom stereocenters. The summed E-state index contributed by atoms with van der Waals surface area (Å²) >= 11 is 0. The maximum Gasteiger partial charge on any atom is 0.271 e. The quantitative estimate of drug-likeness (QED) is 0.671. The van der Waals surface area contributed by atoms with Crippen molar-refractivity contribution in [2.45, 2.75) is 6.42 Å². The Hall–Kier alpha value is -2.71. The highest BCUT2D eigenvalue weighted by molar-refractivity contribution is 5.91. The Morgan fingerprint density at radius 1 is 1.21 bits per heavy atom. The number of methoxy groups -OCH3 is 1. The molecule has 0 radical (unpaired) electrons. The lowest BCUT2D eigenvalue weighted by Crippen LogP contribution is -2.41. The predicted octanol–water partition coefficient (Wildman–Crippen LogP) is 1.20. The van der Waals surface area contributed by atoms with Gasteiger partial charge in [-0.05, 0) is 24.1 Å². The molecule has 1 aliphatic heterocycles. The van der Waals surface area contributed by atoms with E-state index in [4.69, 9.17) is 9.47 Å². The highest BCUT2D eigenvalue weighted by atomic mass is 16.5. The summed E-state index contributed by atoms with van der Waals surface area (Å²) in [5.74, 6) is 1.29.